The van der Waals surface area contributed by atoms with Crippen molar-refractivity contribution in [3.8, 4) is 5.88 Å². The molecule has 1 aromatic heterocycles. The van der Waals surface area contributed by atoms with Crippen molar-refractivity contribution in [1.82, 2.24) is 4.98 Å². The molecule has 0 saturated heterocycles. The van der Waals surface area contributed by atoms with Gasteiger partial charge in [-0.15, -0.1) is 0 Å². The summed E-state index contributed by atoms with van der Waals surface area (Å²) in [7, 11) is -0.237. The van der Waals surface area contributed by atoms with E-state index in [1.54, 1.807) is 13.3 Å². The molecule has 26 heavy (non-hydrogen) atoms. The highest BCUT2D eigenvalue weighted by Crippen LogP contribution is 2.42. The Morgan fingerprint density at radius 2 is 1.69 bits per heavy atom. The van der Waals surface area contributed by atoms with Crippen LogP contribution in [0, 0.1) is 5.41 Å². The van der Waals surface area contributed by atoms with Crippen LogP contribution >= 0.6 is 23.2 Å². The maximum Gasteiger partial charge on any atom is 0.232 e. The summed E-state index contributed by atoms with van der Waals surface area (Å²) in [6.07, 6.45) is 4.60. The topological polar surface area (TPSA) is 31.4 Å². The second-order valence-electron chi connectivity index (χ2n) is 8.15. The van der Waals surface area contributed by atoms with Crippen LogP contribution in [0.3, 0.4) is 0 Å². The predicted molar refractivity (Wildman–Crippen MR) is 115 cm³/mol. The summed E-state index contributed by atoms with van der Waals surface area (Å²) in [6, 6.07) is 3.27. The fourth-order valence-electron chi connectivity index (χ4n) is 3.28. The Bertz CT molecular complexity index is 563. The molecule has 1 unspecified atom stereocenters. The first-order valence-electron chi connectivity index (χ1n) is 9.68. The highest BCUT2D eigenvalue weighted by Gasteiger charge is 2.34. The van der Waals surface area contributed by atoms with Gasteiger partial charge in [-0.2, -0.15) is 0 Å². The SMILES string of the molecule is CC[Si](CC)(CC)OC(CCCC(C)(C)C)c1c(Cl)cnc(OC)c1Cl. The first kappa shape index (κ1) is 23.7. The standard InChI is InChI=1S/C20H35Cl2NO2Si/c1-8-26(9-2,10-3)25-16(12-11-13-20(4,5)6)17-15(21)14-23-19(24-7)18(17)22/h14,16H,8-13H2,1-7H3. The largest absolute Gasteiger partial charge is 0.480 e. The van der Waals surface area contributed by atoms with Crippen molar-refractivity contribution in [2.45, 2.75) is 85.0 Å². The molecule has 150 valence electrons. The number of nitrogens with zero attached hydrogens (tertiary/aromatic N) is 1. The average Bonchev–Trinajstić information content (AvgIpc) is 2.58. The lowest BCUT2D eigenvalue weighted by molar-refractivity contribution is 0.169. The fraction of sp³-hybridized carbons (Fsp3) is 0.750. The van der Waals surface area contributed by atoms with Gasteiger partial charge in [0.2, 0.25) is 5.88 Å². The van der Waals surface area contributed by atoms with Crippen molar-refractivity contribution in [2.75, 3.05) is 7.11 Å². The van der Waals surface area contributed by atoms with Gasteiger partial charge in [-0.3, -0.25) is 0 Å². The summed E-state index contributed by atoms with van der Waals surface area (Å²) in [5.41, 5.74) is 1.13. The van der Waals surface area contributed by atoms with E-state index in [0.29, 0.717) is 21.3 Å². The second kappa shape index (κ2) is 10.3. The van der Waals surface area contributed by atoms with E-state index in [-0.39, 0.29) is 6.10 Å². The number of hydrogen-bond donors (Lipinski definition) is 0. The lowest BCUT2D eigenvalue weighted by Crippen LogP contribution is -2.37. The van der Waals surface area contributed by atoms with Gasteiger partial charge in [-0.25, -0.2) is 4.98 Å². The van der Waals surface area contributed by atoms with Crippen molar-refractivity contribution in [3.05, 3.63) is 21.8 Å². The lowest BCUT2D eigenvalue weighted by atomic mass is 9.88. The summed E-state index contributed by atoms with van der Waals surface area (Å²) in [6.45, 7) is 13.5. The number of methoxy groups -OCH3 is 1. The zero-order chi connectivity index (χ0) is 20.0. The van der Waals surface area contributed by atoms with E-state index in [1.807, 2.05) is 0 Å². The monoisotopic (exact) mass is 419 g/mol. The summed E-state index contributed by atoms with van der Waals surface area (Å²) < 4.78 is 12.1. The number of aromatic nitrogens is 1. The number of hydrogen-bond acceptors (Lipinski definition) is 3. The molecule has 0 spiro atoms. The molecule has 1 aromatic rings. The molecule has 0 aliphatic rings. The Hall–Kier alpha value is -0.293. The zero-order valence-electron chi connectivity index (χ0n) is 17.4. The Balaban J connectivity index is 3.23. The Labute approximate surface area is 170 Å². The van der Waals surface area contributed by atoms with Crippen molar-refractivity contribution < 1.29 is 9.16 Å². The molecule has 0 aliphatic carbocycles. The zero-order valence-corrected chi connectivity index (χ0v) is 19.9. The van der Waals surface area contributed by atoms with Crippen molar-refractivity contribution in [1.29, 1.82) is 0 Å². The van der Waals surface area contributed by atoms with E-state index in [9.17, 15) is 0 Å². The molecule has 0 saturated carbocycles. The summed E-state index contributed by atoms with van der Waals surface area (Å²) in [4.78, 5) is 4.19. The number of halogens is 2. The van der Waals surface area contributed by atoms with Gasteiger partial charge in [0.15, 0.2) is 8.32 Å². The van der Waals surface area contributed by atoms with E-state index in [2.05, 4.69) is 46.5 Å². The Kier molecular flexibility index (Phi) is 9.41. The van der Waals surface area contributed by atoms with E-state index < -0.39 is 8.32 Å². The molecule has 3 nitrogen and oxygen atoms in total. The molecule has 0 radical (unpaired) electrons. The third kappa shape index (κ3) is 6.40. The van der Waals surface area contributed by atoms with Gasteiger partial charge in [0.1, 0.15) is 5.02 Å². The predicted octanol–water partition coefficient (Wildman–Crippen LogP) is 7.68. The summed E-state index contributed by atoms with van der Waals surface area (Å²) in [5, 5.41) is 1.04. The third-order valence-electron chi connectivity index (χ3n) is 5.21. The molecule has 0 amide bonds. The molecule has 1 rings (SSSR count). The van der Waals surface area contributed by atoms with Gasteiger partial charge in [0, 0.05) is 11.8 Å². The highest BCUT2D eigenvalue weighted by atomic mass is 35.5. The van der Waals surface area contributed by atoms with E-state index >= 15 is 0 Å². The minimum atomic E-state index is -1.81. The van der Waals surface area contributed by atoms with Crippen LogP contribution in [0.5, 0.6) is 5.88 Å². The van der Waals surface area contributed by atoms with Crippen molar-refractivity contribution in [3.63, 3.8) is 0 Å². The van der Waals surface area contributed by atoms with Crippen molar-refractivity contribution >= 4 is 31.5 Å². The van der Waals surface area contributed by atoms with Crippen LogP contribution < -0.4 is 4.74 Å². The van der Waals surface area contributed by atoms with E-state index in [4.69, 9.17) is 32.4 Å². The first-order chi connectivity index (χ1) is 12.1. The van der Waals surface area contributed by atoms with Crippen molar-refractivity contribution in [2.24, 2.45) is 5.41 Å². The fourth-order valence-corrected chi connectivity index (χ4v) is 6.78. The normalized spacial score (nSPS) is 13.7. The highest BCUT2D eigenvalue weighted by molar-refractivity contribution is 6.73. The van der Waals surface area contributed by atoms with Gasteiger partial charge < -0.3 is 9.16 Å². The van der Waals surface area contributed by atoms with Gasteiger partial charge >= 0.3 is 0 Å². The molecule has 0 aliphatic heterocycles. The molecule has 0 aromatic carbocycles. The lowest BCUT2D eigenvalue weighted by Gasteiger charge is -2.34. The minimum Gasteiger partial charge on any atom is -0.480 e. The van der Waals surface area contributed by atoms with Crippen LogP contribution in [0.1, 0.15) is 72.5 Å². The van der Waals surface area contributed by atoms with Gasteiger partial charge in [-0.05, 0) is 36.4 Å². The van der Waals surface area contributed by atoms with Gasteiger partial charge in [0.25, 0.3) is 0 Å². The van der Waals surface area contributed by atoms with Crippen LogP contribution in [-0.2, 0) is 4.43 Å². The summed E-state index contributed by atoms with van der Waals surface area (Å²) in [5.74, 6) is 0.409. The maximum absolute atomic E-state index is 6.83. The molecule has 1 atom stereocenters. The van der Waals surface area contributed by atoms with Gasteiger partial charge in [-0.1, -0.05) is 71.2 Å². The van der Waals surface area contributed by atoms with Crippen LogP contribution in [0.15, 0.2) is 6.20 Å². The van der Waals surface area contributed by atoms with E-state index in [0.717, 1.165) is 43.0 Å². The molecule has 0 fully saturated rings. The average molecular weight is 420 g/mol. The van der Waals surface area contributed by atoms with Crippen LogP contribution in [0.2, 0.25) is 28.2 Å². The minimum absolute atomic E-state index is 0.110. The first-order valence-corrected chi connectivity index (χ1v) is 13.0. The number of pyridine rings is 1. The van der Waals surface area contributed by atoms with Crippen LogP contribution in [0.4, 0.5) is 0 Å². The second-order valence-corrected chi connectivity index (χ2v) is 13.7. The molecular weight excluding hydrogens is 385 g/mol. The summed E-state index contributed by atoms with van der Waals surface area (Å²) >= 11 is 13.1. The Morgan fingerprint density at radius 3 is 2.15 bits per heavy atom. The number of rotatable bonds is 10. The smallest absolute Gasteiger partial charge is 0.232 e. The van der Waals surface area contributed by atoms with Crippen LogP contribution in [0.25, 0.3) is 0 Å². The molecular formula is C20H35Cl2NO2Si. The Morgan fingerprint density at radius 1 is 1.12 bits per heavy atom. The quantitative estimate of drug-likeness (QED) is 0.364. The molecule has 6 heteroatoms. The molecule has 1 heterocycles. The maximum atomic E-state index is 6.83. The number of ether oxygens (including phenoxy) is 1. The van der Waals surface area contributed by atoms with Crippen LogP contribution in [-0.4, -0.2) is 20.4 Å². The molecule has 0 bridgehead atoms. The van der Waals surface area contributed by atoms with E-state index in [1.165, 1.54) is 0 Å². The third-order valence-corrected chi connectivity index (χ3v) is 10.5. The molecule has 0 N–H and O–H groups in total. The van der Waals surface area contributed by atoms with Gasteiger partial charge in [0.05, 0.1) is 18.2 Å².